The largest absolute Gasteiger partial charge is 0.462 e. The molecule has 0 radical (unpaired) electrons. The molecule has 6 nitrogen and oxygen atoms in total. The Hall–Kier alpha value is -1.59. The lowest BCUT2D eigenvalue weighted by Crippen LogP contribution is -2.30. The fraction of sp³-hybridized carbons (Fsp3) is 0.929. The summed E-state index contributed by atoms with van der Waals surface area (Å²) in [6.07, 6.45) is 31.2. The number of hydrogen-bond acceptors (Lipinski definition) is 6. The van der Waals surface area contributed by atoms with Gasteiger partial charge in [0.25, 0.3) is 0 Å². The van der Waals surface area contributed by atoms with E-state index >= 15 is 0 Å². The summed E-state index contributed by atoms with van der Waals surface area (Å²) >= 11 is 0. The van der Waals surface area contributed by atoms with Crippen molar-refractivity contribution in [2.24, 2.45) is 11.8 Å². The first-order chi connectivity index (χ1) is 23.2. The molecule has 0 fully saturated rings. The number of ether oxygens (including phenoxy) is 3. The Labute approximate surface area is 298 Å². The summed E-state index contributed by atoms with van der Waals surface area (Å²) in [6.45, 7) is 11.2. The molecule has 0 rings (SSSR count). The highest BCUT2D eigenvalue weighted by molar-refractivity contribution is 5.71. The SMILES string of the molecule is CCCCCCCC(=O)OC[C@H](COC(=O)CCCCCCCCCC(C)C)OC(=O)CCCCCCCCCCCCCCC(C)C. The smallest absolute Gasteiger partial charge is 0.306 e. The van der Waals surface area contributed by atoms with Crippen LogP contribution >= 0.6 is 0 Å². The molecule has 0 aliphatic heterocycles. The summed E-state index contributed by atoms with van der Waals surface area (Å²) in [4.78, 5) is 37.3. The minimum atomic E-state index is -0.758. The van der Waals surface area contributed by atoms with Crippen LogP contribution in [0, 0.1) is 11.8 Å². The fourth-order valence-corrected chi connectivity index (χ4v) is 6.05. The molecule has 0 amide bonds. The normalized spacial score (nSPS) is 12.1. The van der Waals surface area contributed by atoms with Gasteiger partial charge in [0.05, 0.1) is 0 Å². The van der Waals surface area contributed by atoms with Crippen LogP contribution in [0.15, 0.2) is 0 Å². The molecule has 0 aromatic carbocycles. The Morgan fingerprint density at radius 1 is 0.396 bits per heavy atom. The van der Waals surface area contributed by atoms with Crippen molar-refractivity contribution in [1.82, 2.24) is 0 Å². The van der Waals surface area contributed by atoms with E-state index in [2.05, 4.69) is 34.6 Å². The van der Waals surface area contributed by atoms with E-state index in [-0.39, 0.29) is 31.1 Å². The second-order valence-electron chi connectivity index (χ2n) is 15.2. The monoisotopic (exact) mass is 681 g/mol. The third kappa shape index (κ3) is 35.7. The van der Waals surface area contributed by atoms with Crippen molar-refractivity contribution in [3.05, 3.63) is 0 Å². The Balaban J connectivity index is 4.22. The quantitative estimate of drug-likeness (QED) is 0.0372. The van der Waals surface area contributed by atoms with Crippen LogP contribution in [-0.2, 0) is 28.6 Å². The highest BCUT2D eigenvalue weighted by Crippen LogP contribution is 2.16. The molecule has 0 aliphatic carbocycles. The van der Waals surface area contributed by atoms with E-state index in [0.717, 1.165) is 76.0 Å². The average molecular weight is 681 g/mol. The van der Waals surface area contributed by atoms with Crippen molar-refractivity contribution < 1.29 is 28.6 Å². The fourth-order valence-electron chi connectivity index (χ4n) is 6.05. The third-order valence-corrected chi connectivity index (χ3v) is 9.22. The Morgan fingerprint density at radius 2 is 0.688 bits per heavy atom. The molecule has 1 atom stereocenters. The Kier molecular flexibility index (Phi) is 34.1. The predicted octanol–water partition coefficient (Wildman–Crippen LogP) is 12.6. The van der Waals surface area contributed by atoms with Crippen LogP contribution in [0.1, 0.15) is 221 Å². The lowest BCUT2D eigenvalue weighted by Gasteiger charge is -2.18. The van der Waals surface area contributed by atoms with Gasteiger partial charge in [-0.05, 0) is 31.1 Å². The summed E-state index contributed by atoms with van der Waals surface area (Å²) in [7, 11) is 0. The highest BCUT2D eigenvalue weighted by atomic mass is 16.6. The van der Waals surface area contributed by atoms with Gasteiger partial charge < -0.3 is 14.2 Å². The maximum Gasteiger partial charge on any atom is 0.306 e. The molecule has 0 aromatic heterocycles. The number of rotatable bonds is 36. The van der Waals surface area contributed by atoms with E-state index in [1.165, 1.54) is 103 Å². The van der Waals surface area contributed by atoms with E-state index in [4.69, 9.17) is 14.2 Å². The Bertz CT molecular complexity index is 734. The molecular weight excluding hydrogens is 600 g/mol. The van der Waals surface area contributed by atoms with Crippen LogP contribution in [0.5, 0.6) is 0 Å². The minimum Gasteiger partial charge on any atom is -0.462 e. The van der Waals surface area contributed by atoms with E-state index < -0.39 is 6.10 Å². The molecule has 0 saturated heterocycles. The minimum absolute atomic E-state index is 0.0673. The van der Waals surface area contributed by atoms with Crippen molar-refractivity contribution in [3.8, 4) is 0 Å². The topological polar surface area (TPSA) is 78.9 Å². The molecule has 284 valence electrons. The molecule has 0 N–H and O–H groups in total. The Morgan fingerprint density at radius 3 is 1.02 bits per heavy atom. The van der Waals surface area contributed by atoms with Crippen molar-refractivity contribution in [1.29, 1.82) is 0 Å². The molecule has 0 aromatic rings. The van der Waals surface area contributed by atoms with Crippen LogP contribution < -0.4 is 0 Å². The zero-order chi connectivity index (χ0) is 35.5. The van der Waals surface area contributed by atoms with Gasteiger partial charge in [-0.25, -0.2) is 0 Å². The molecule has 48 heavy (non-hydrogen) atoms. The van der Waals surface area contributed by atoms with E-state index in [9.17, 15) is 14.4 Å². The number of hydrogen-bond donors (Lipinski definition) is 0. The maximum absolute atomic E-state index is 12.6. The van der Waals surface area contributed by atoms with Gasteiger partial charge in [-0.1, -0.05) is 182 Å². The van der Waals surface area contributed by atoms with Crippen LogP contribution in [0.25, 0.3) is 0 Å². The number of carbonyl (C=O) groups excluding carboxylic acids is 3. The lowest BCUT2D eigenvalue weighted by atomic mass is 10.0. The standard InChI is InChI=1S/C42H80O6/c1-6-7-8-20-27-32-40(43)46-35-39(36-47-41(44)33-28-23-19-15-17-22-26-31-38(4)5)48-42(45)34-29-24-18-14-12-10-9-11-13-16-21-25-30-37(2)3/h37-39H,6-36H2,1-5H3/t39-/m1/s1. The van der Waals surface area contributed by atoms with Gasteiger partial charge in [-0.3, -0.25) is 14.4 Å². The number of esters is 3. The molecule has 0 unspecified atom stereocenters. The number of carbonyl (C=O) groups is 3. The number of unbranched alkanes of at least 4 members (excludes halogenated alkanes) is 21. The lowest BCUT2D eigenvalue weighted by molar-refractivity contribution is -0.167. The van der Waals surface area contributed by atoms with Crippen LogP contribution in [0.4, 0.5) is 0 Å². The first kappa shape index (κ1) is 46.4. The van der Waals surface area contributed by atoms with Crippen molar-refractivity contribution in [2.75, 3.05) is 13.2 Å². The molecule has 6 heteroatoms. The summed E-state index contributed by atoms with van der Waals surface area (Å²) in [5.41, 5.74) is 0. The van der Waals surface area contributed by atoms with Gasteiger partial charge in [0.15, 0.2) is 6.10 Å². The van der Waals surface area contributed by atoms with E-state index in [0.29, 0.717) is 19.3 Å². The maximum atomic E-state index is 12.6. The van der Waals surface area contributed by atoms with Gasteiger partial charge >= 0.3 is 17.9 Å². The van der Waals surface area contributed by atoms with Crippen molar-refractivity contribution in [2.45, 2.75) is 227 Å². The van der Waals surface area contributed by atoms with Crippen LogP contribution in [-0.4, -0.2) is 37.2 Å². The molecule has 0 saturated carbocycles. The zero-order valence-corrected chi connectivity index (χ0v) is 32.6. The van der Waals surface area contributed by atoms with Gasteiger partial charge in [0.1, 0.15) is 13.2 Å². The average Bonchev–Trinajstić information content (AvgIpc) is 3.04. The van der Waals surface area contributed by atoms with Crippen molar-refractivity contribution >= 4 is 17.9 Å². The molecule has 0 bridgehead atoms. The summed E-state index contributed by atoms with van der Waals surface area (Å²) < 4.78 is 16.5. The highest BCUT2D eigenvalue weighted by Gasteiger charge is 2.19. The van der Waals surface area contributed by atoms with Gasteiger partial charge in [0.2, 0.25) is 0 Å². The van der Waals surface area contributed by atoms with Gasteiger partial charge in [-0.15, -0.1) is 0 Å². The van der Waals surface area contributed by atoms with Gasteiger partial charge in [-0.2, -0.15) is 0 Å². The second kappa shape index (κ2) is 35.2. The van der Waals surface area contributed by atoms with Crippen molar-refractivity contribution in [3.63, 3.8) is 0 Å². The molecule has 0 heterocycles. The third-order valence-electron chi connectivity index (χ3n) is 9.22. The summed E-state index contributed by atoms with van der Waals surface area (Å²) in [5, 5.41) is 0. The van der Waals surface area contributed by atoms with Gasteiger partial charge in [0, 0.05) is 19.3 Å². The summed E-state index contributed by atoms with van der Waals surface area (Å²) in [6, 6.07) is 0. The van der Waals surface area contributed by atoms with E-state index in [1.807, 2.05) is 0 Å². The van der Waals surface area contributed by atoms with E-state index in [1.54, 1.807) is 0 Å². The molecule has 0 aliphatic rings. The van der Waals surface area contributed by atoms with Crippen LogP contribution in [0.3, 0.4) is 0 Å². The second-order valence-corrected chi connectivity index (χ2v) is 15.2. The molecular formula is C42H80O6. The first-order valence-electron chi connectivity index (χ1n) is 20.7. The summed E-state index contributed by atoms with van der Waals surface area (Å²) in [5.74, 6) is 0.735. The van der Waals surface area contributed by atoms with Crippen LogP contribution in [0.2, 0.25) is 0 Å². The predicted molar refractivity (Wildman–Crippen MR) is 201 cm³/mol. The first-order valence-corrected chi connectivity index (χ1v) is 20.7. The molecule has 0 spiro atoms. The zero-order valence-electron chi connectivity index (χ0n) is 32.6.